The van der Waals surface area contributed by atoms with Crippen LogP contribution in [0.25, 0.3) is 0 Å². The second-order valence-corrected chi connectivity index (χ2v) is 5.12. The summed E-state index contributed by atoms with van der Waals surface area (Å²) >= 11 is 0. The molecule has 1 unspecified atom stereocenters. The number of carbonyl (C=O) groups excluding carboxylic acids is 1. The van der Waals surface area contributed by atoms with Gasteiger partial charge in [0.2, 0.25) is 5.91 Å². The molecule has 0 saturated carbocycles. The summed E-state index contributed by atoms with van der Waals surface area (Å²) in [7, 11) is 0. The molecule has 92 valence electrons. The fourth-order valence-corrected chi connectivity index (χ4v) is 3.19. The Bertz CT molecular complexity index is 262. The van der Waals surface area contributed by atoms with Crippen molar-refractivity contribution >= 4 is 5.91 Å². The number of rotatable bonds is 2. The highest BCUT2D eigenvalue weighted by molar-refractivity contribution is 5.76. The quantitative estimate of drug-likeness (QED) is 0.708. The minimum Gasteiger partial charge on any atom is -0.396 e. The van der Waals surface area contributed by atoms with Gasteiger partial charge in [0.05, 0.1) is 0 Å². The second-order valence-electron chi connectivity index (χ2n) is 5.12. The Labute approximate surface area is 97.0 Å². The molecule has 1 atom stereocenters. The summed E-state index contributed by atoms with van der Waals surface area (Å²) in [5, 5.41) is 12.9. The van der Waals surface area contributed by atoms with Crippen molar-refractivity contribution in [2.45, 2.75) is 26.2 Å². The molecule has 2 heterocycles. The van der Waals surface area contributed by atoms with Crippen LogP contribution in [0, 0.1) is 11.3 Å². The molecule has 4 heteroatoms. The molecule has 1 spiro atoms. The van der Waals surface area contributed by atoms with E-state index in [2.05, 4.69) is 5.32 Å². The molecule has 16 heavy (non-hydrogen) atoms. The molecule has 2 aliphatic heterocycles. The van der Waals surface area contributed by atoms with Crippen molar-refractivity contribution < 1.29 is 9.90 Å². The van der Waals surface area contributed by atoms with E-state index in [0.29, 0.717) is 6.42 Å². The lowest BCUT2D eigenvalue weighted by Gasteiger charge is -2.37. The van der Waals surface area contributed by atoms with Crippen molar-refractivity contribution in [3.63, 3.8) is 0 Å². The van der Waals surface area contributed by atoms with Gasteiger partial charge in [-0.15, -0.1) is 0 Å². The number of aliphatic hydroxyl groups is 1. The van der Waals surface area contributed by atoms with Crippen LogP contribution in [0.3, 0.4) is 0 Å². The third-order valence-electron chi connectivity index (χ3n) is 4.29. The Morgan fingerprint density at radius 2 is 2.19 bits per heavy atom. The highest BCUT2D eigenvalue weighted by atomic mass is 16.3. The molecule has 0 aromatic heterocycles. The van der Waals surface area contributed by atoms with Gasteiger partial charge in [0.15, 0.2) is 0 Å². The van der Waals surface area contributed by atoms with Crippen LogP contribution in [-0.4, -0.2) is 48.7 Å². The van der Waals surface area contributed by atoms with Crippen molar-refractivity contribution in [3.8, 4) is 0 Å². The van der Waals surface area contributed by atoms with Gasteiger partial charge in [-0.1, -0.05) is 6.92 Å². The average molecular weight is 226 g/mol. The number of hydrogen-bond donors (Lipinski definition) is 2. The van der Waals surface area contributed by atoms with Crippen LogP contribution in [0.4, 0.5) is 0 Å². The number of piperidine rings is 1. The summed E-state index contributed by atoms with van der Waals surface area (Å²) < 4.78 is 0. The number of aliphatic hydroxyl groups excluding tert-OH is 1. The number of nitrogens with zero attached hydrogens (tertiary/aromatic N) is 1. The van der Waals surface area contributed by atoms with Gasteiger partial charge in [-0.2, -0.15) is 0 Å². The summed E-state index contributed by atoms with van der Waals surface area (Å²) in [5.41, 5.74) is 0.185. The molecule has 2 saturated heterocycles. The highest BCUT2D eigenvalue weighted by Crippen LogP contribution is 2.43. The predicted octanol–water partition coefficient (Wildman–Crippen LogP) is 0.217. The summed E-state index contributed by atoms with van der Waals surface area (Å²) in [6.07, 6.45) is 2.75. The van der Waals surface area contributed by atoms with Crippen LogP contribution in [0.5, 0.6) is 0 Å². The molecule has 0 aliphatic carbocycles. The minimum absolute atomic E-state index is 0.185. The van der Waals surface area contributed by atoms with Crippen LogP contribution in [-0.2, 0) is 4.79 Å². The zero-order valence-corrected chi connectivity index (χ0v) is 10.0. The summed E-state index contributed by atoms with van der Waals surface area (Å²) in [6.45, 7) is 5.77. The van der Waals surface area contributed by atoms with E-state index >= 15 is 0 Å². The maximum atomic E-state index is 11.7. The average Bonchev–Trinajstić information content (AvgIpc) is 2.67. The molecule has 2 fully saturated rings. The maximum absolute atomic E-state index is 11.7. The molecule has 2 rings (SSSR count). The fraction of sp³-hybridized carbons (Fsp3) is 0.917. The summed E-state index contributed by atoms with van der Waals surface area (Å²) in [4.78, 5) is 13.7. The second kappa shape index (κ2) is 4.72. The fourth-order valence-electron chi connectivity index (χ4n) is 3.19. The number of nitrogens with one attached hydrogen (secondary N) is 1. The van der Waals surface area contributed by atoms with Gasteiger partial charge in [-0.05, 0) is 31.3 Å². The summed E-state index contributed by atoms with van der Waals surface area (Å²) in [5.74, 6) is 0.513. The molecule has 0 bridgehead atoms. The summed E-state index contributed by atoms with van der Waals surface area (Å²) in [6, 6.07) is 0. The Morgan fingerprint density at radius 1 is 1.50 bits per heavy atom. The lowest BCUT2D eigenvalue weighted by molar-refractivity contribution is -0.130. The van der Waals surface area contributed by atoms with E-state index in [9.17, 15) is 9.90 Å². The van der Waals surface area contributed by atoms with Crippen LogP contribution >= 0.6 is 0 Å². The third-order valence-corrected chi connectivity index (χ3v) is 4.29. The molecule has 0 aromatic carbocycles. The van der Waals surface area contributed by atoms with E-state index in [0.717, 1.165) is 39.0 Å². The Kier molecular flexibility index (Phi) is 3.50. The number of amides is 1. The van der Waals surface area contributed by atoms with Crippen LogP contribution in [0.1, 0.15) is 26.2 Å². The Morgan fingerprint density at radius 3 is 2.75 bits per heavy atom. The first-order chi connectivity index (χ1) is 7.72. The zero-order chi connectivity index (χ0) is 11.6. The van der Waals surface area contributed by atoms with Crippen molar-refractivity contribution in [1.29, 1.82) is 0 Å². The first kappa shape index (κ1) is 11.9. The molecule has 2 aliphatic rings. The standard InChI is InChI=1S/C12H22N2O2/c1-2-11(16)14-7-10(8-15)12(9-14)3-5-13-6-4-12/h10,13,15H,2-9H2,1H3. The Hall–Kier alpha value is -0.610. The predicted molar refractivity (Wildman–Crippen MR) is 62.0 cm³/mol. The third kappa shape index (κ3) is 1.96. The number of carbonyl (C=O) groups is 1. The first-order valence-corrected chi connectivity index (χ1v) is 6.31. The van der Waals surface area contributed by atoms with Crippen molar-refractivity contribution in [2.75, 3.05) is 32.8 Å². The molecule has 4 nitrogen and oxygen atoms in total. The lowest BCUT2D eigenvalue weighted by Crippen LogP contribution is -2.43. The smallest absolute Gasteiger partial charge is 0.222 e. The number of hydrogen-bond acceptors (Lipinski definition) is 3. The molecule has 1 amide bonds. The Balaban J connectivity index is 2.09. The SMILES string of the molecule is CCC(=O)N1CC(CO)C2(CCNCC2)C1. The monoisotopic (exact) mass is 226 g/mol. The van der Waals surface area contributed by atoms with Gasteiger partial charge < -0.3 is 15.3 Å². The molecular weight excluding hydrogens is 204 g/mol. The van der Waals surface area contributed by atoms with E-state index in [4.69, 9.17) is 0 Å². The molecule has 0 aromatic rings. The molecule has 0 radical (unpaired) electrons. The van der Waals surface area contributed by atoms with E-state index in [1.165, 1.54) is 0 Å². The van der Waals surface area contributed by atoms with Gasteiger partial charge in [0, 0.05) is 32.0 Å². The van der Waals surface area contributed by atoms with Gasteiger partial charge in [0.25, 0.3) is 0 Å². The van der Waals surface area contributed by atoms with Crippen molar-refractivity contribution in [3.05, 3.63) is 0 Å². The number of likely N-dealkylation sites (tertiary alicyclic amines) is 1. The van der Waals surface area contributed by atoms with Crippen LogP contribution in [0.2, 0.25) is 0 Å². The van der Waals surface area contributed by atoms with Crippen LogP contribution in [0.15, 0.2) is 0 Å². The molecule has 2 N–H and O–H groups in total. The topological polar surface area (TPSA) is 52.6 Å². The molecular formula is C12H22N2O2. The highest BCUT2D eigenvalue weighted by Gasteiger charge is 2.47. The van der Waals surface area contributed by atoms with Gasteiger partial charge >= 0.3 is 0 Å². The minimum atomic E-state index is 0.185. The van der Waals surface area contributed by atoms with Gasteiger partial charge in [-0.3, -0.25) is 4.79 Å². The van der Waals surface area contributed by atoms with E-state index in [1.807, 2.05) is 11.8 Å². The zero-order valence-electron chi connectivity index (χ0n) is 10.0. The normalized spacial score (nSPS) is 28.6. The van der Waals surface area contributed by atoms with Crippen molar-refractivity contribution in [1.82, 2.24) is 10.2 Å². The van der Waals surface area contributed by atoms with E-state index < -0.39 is 0 Å². The maximum Gasteiger partial charge on any atom is 0.222 e. The van der Waals surface area contributed by atoms with Crippen molar-refractivity contribution in [2.24, 2.45) is 11.3 Å². The first-order valence-electron chi connectivity index (χ1n) is 6.31. The van der Waals surface area contributed by atoms with Gasteiger partial charge in [-0.25, -0.2) is 0 Å². The largest absolute Gasteiger partial charge is 0.396 e. The lowest BCUT2D eigenvalue weighted by atomic mass is 9.71. The van der Waals surface area contributed by atoms with Crippen LogP contribution < -0.4 is 5.32 Å². The van der Waals surface area contributed by atoms with E-state index in [1.54, 1.807) is 0 Å². The van der Waals surface area contributed by atoms with Gasteiger partial charge in [0.1, 0.15) is 0 Å². The van der Waals surface area contributed by atoms with E-state index in [-0.39, 0.29) is 23.8 Å².